The maximum atomic E-state index is 12.9. The van der Waals surface area contributed by atoms with Crippen LogP contribution in [0.5, 0.6) is 5.75 Å². The molecule has 1 unspecified atom stereocenters. The first-order chi connectivity index (χ1) is 13.8. The van der Waals surface area contributed by atoms with Crippen molar-refractivity contribution in [2.75, 3.05) is 19.6 Å². The average molecular weight is 439 g/mol. The molecule has 2 aromatic carbocycles. The summed E-state index contributed by atoms with van der Waals surface area (Å²) in [6.07, 6.45) is 0. The van der Waals surface area contributed by atoms with Crippen molar-refractivity contribution in [3.8, 4) is 5.75 Å². The smallest absolute Gasteiger partial charge is 0.294 e. The van der Waals surface area contributed by atoms with Gasteiger partial charge in [0, 0.05) is 49.7 Å². The molecule has 29 heavy (non-hydrogen) atoms. The molecule has 2 aromatic rings. The first-order valence-electron chi connectivity index (χ1n) is 9.20. The summed E-state index contributed by atoms with van der Waals surface area (Å²) in [4.78, 5) is 23.2. The van der Waals surface area contributed by atoms with Crippen LogP contribution in [0.2, 0.25) is 5.02 Å². The van der Waals surface area contributed by atoms with E-state index in [2.05, 4.69) is 9.79 Å². The third-order valence-corrected chi connectivity index (χ3v) is 6.87. The molecule has 9 heteroatoms. The summed E-state index contributed by atoms with van der Waals surface area (Å²) in [6.45, 7) is 5.01. The Balaban J connectivity index is 1.71. The van der Waals surface area contributed by atoms with E-state index in [-0.39, 0.29) is 6.04 Å². The van der Waals surface area contributed by atoms with Crippen LogP contribution in [-0.4, -0.2) is 49.3 Å². The lowest BCUT2D eigenvalue weighted by molar-refractivity contribution is -0.211. The largest absolute Gasteiger partial charge is 0.352 e. The van der Waals surface area contributed by atoms with Crippen molar-refractivity contribution in [3.05, 3.63) is 59.1 Å². The standard InChI is InChI=1S/C20H23ClN2O5S/c1-15-13-23(29(25,26)19-6-4-3-5-7-19)11-10-22(15)14-17-12-18(21)8-9-20(17)28-27-16(2)24/h3-9,12,15H,10-11,13-14H2,1-2H3. The number of hydrogen-bond acceptors (Lipinski definition) is 6. The predicted octanol–water partition coefficient (Wildman–Crippen LogP) is 3.09. The summed E-state index contributed by atoms with van der Waals surface area (Å²) >= 11 is 6.12. The van der Waals surface area contributed by atoms with E-state index in [1.54, 1.807) is 48.5 Å². The van der Waals surface area contributed by atoms with Crippen molar-refractivity contribution in [1.29, 1.82) is 0 Å². The van der Waals surface area contributed by atoms with Gasteiger partial charge in [-0.15, -0.1) is 0 Å². The SMILES string of the molecule is CC(=O)OOc1ccc(Cl)cc1CN1CCN(S(=O)(=O)c2ccccc2)CC1C. The molecule has 1 saturated heterocycles. The zero-order valence-electron chi connectivity index (χ0n) is 16.2. The number of carbonyl (C=O) groups excluding carboxylic acids is 1. The monoisotopic (exact) mass is 438 g/mol. The van der Waals surface area contributed by atoms with Crippen molar-refractivity contribution in [2.24, 2.45) is 0 Å². The van der Waals surface area contributed by atoms with Crippen LogP contribution in [0.1, 0.15) is 19.4 Å². The number of carbonyl (C=O) groups is 1. The van der Waals surface area contributed by atoms with Gasteiger partial charge in [-0.3, -0.25) is 14.7 Å². The van der Waals surface area contributed by atoms with E-state index in [4.69, 9.17) is 16.5 Å². The van der Waals surface area contributed by atoms with Gasteiger partial charge in [0.25, 0.3) is 0 Å². The predicted molar refractivity (Wildman–Crippen MR) is 109 cm³/mol. The van der Waals surface area contributed by atoms with E-state index >= 15 is 0 Å². The summed E-state index contributed by atoms with van der Waals surface area (Å²) in [6, 6.07) is 13.5. The molecule has 0 bridgehead atoms. The highest BCUT2D eigenvalue weighted by Crippen LogP contribution is 2.27. The molecule has 1 atom stereocenters. The molecule has 1 aliphatic rings. The second kappa shape index (κ2) is 9.13. The minimum atomic E-state index is -3.52. The van der Waals surface area contributed by atoms with E-state index in [1.807, 2.05) is 6.92 Å². The van der Waals surface area contributed by atoms with Crippen LogP contribution in [0.25, 0.3) is 0 Å². The summed E-state index contributed by atoms with van der Waals surface area (Å²) in [5, 5.41) is 0.535. The summed E-state index contributed by atoms with van der Waals surface area (Å²) in [5.74, 6) is -0.157. The Kier molecular flexibility index (Phi) is 6.79. The minimum absolute atomic E-state index is 0.0252. The Morgan fingerprint density at radius 3 is 2.55 bits per heavy atom. The van der Waals surface area contributed by atoms with Crippen LogP contribution < -0.4 is 4.89 Å². The molecule has 0 amide bonds. The van der Waals surface area contributed by atoms with Gasteiger partial charge < -0.3 is 0 Å². The molecule has 156 valence electrons. The van der Waals surface area contributed by atoms with Gasteiger partial charge in [-0.05, 0) is 37.3 Å². The Labute approximate surface area is 175 Å². The lowest BCUT2D eigenvalue weighted by Crippen LogP contribution is -2.53. The quantitative estimate of drug-likeness (QED) is 0.509. The summed E-state index contributed by atoms with van der Waals surface area (Å²) in [7, 11) is -3.52. The second-order valence-electron chi connectivity index (χ2n) is 6.91. The Hall–Kier alpha value is -2.13. The van der Waals surface area contributed by atoms with Gasteiger partial charge in [-0.1, -0.05) is 29.8 Å². The van der Waals surface area contributed by atoms with Gasteiger partial charge in [-0.2, -0.15) is 4.31 Å². The van der Waals surface area contributed by atoms with Crippen LogP contribution >= 0.6 is 11.6 Å². The minimum Gasteiger partial charge on any atom is -0.294 e. The van der Waals surface area contributed by atoms with Crippen molar-refractivity contribution >= 4 is 27.6 Å². The fourth-order valence-corrected chi connectivity index (χ4v) is 4.96. The topological polar surface area (TPSA) is 76.2 Å². The highest BCUT2D eigenvalue weighted by atomic mass is 35.5. The molecule has 1 heterocycles. The van der Waals surface area contributed by atoms with Crippen LogP contribution in [0.4, 0.5) is 0 Å². The summed E-state index contributed by atoms with van der Waals surface area (Å²) < 4.78 is 27.2. The average Bonchev–Trinajstić information content (AvgIpc) is 2.69. The molecule has 1 fully saturated rings. The van der Waals surface area contributed by atoms with Crippen molar-refractivity contribution in [1.82, 2.24) is 9.21 Å². The molecule has 3 rings (SSSR count). The Bertz CT molecular complexity index is 968. The fourth-order valence-electron chi connectivity index (χ4n) is 3.23. The number of nitrogens with zero attached hydrogens (tertiary/aromatic N) is 2. The molecule has 0 aliphatic carbocycles. The molecule has 0 radical (unpaired) electrons. The van der Waals surface area contributed by atoms with Crippen molar-refractivity contribution in [2.45, 2.75) is 31.3 Å². The third-order valence-electron chi connectivity index (χ3n) is 4.75. The van der Waals surface area contributed by atoms with Gasteiger partial charge in [-0.25, -0.2) is 13.2 Å². The molecule has 1 aliphatic heterocycles. The van der Waals surface area contributed by atoms with E-state index in [0.717, 1.165) is 5.56 Å². The van der Waals surface area contributed by atoms with Crippen molar-refractivity contribution in [3.63, 3.8) is 0 Å². The van der Waals surface area contributed by atoms with Gasteiger partial charge >= 0.3 is 5.97 Å². The number of piperazine rings is 1. The van der Waals surface area contributed by atoms with E-state index in [0.29, 0.717) is 41.8 Å². The lowest BCUT2D eigenvalue weighted by Gasteiger charge is -2.39. The Morgan fingerprint density at radius 1 is 1.17 bits per heavy atom. The van der Waals surface area contributed by atoms with E-state index in [9.17, 15) is 13.2 Å². The first kappa shape index (κ1) is 21.6. The molecular formula is C20H23ClN2O5S. The van der Waals surface area contributed by atoms with Crippen LogP contribution in [-0.2, 0) is 26.3 Å². The molecule has 0 aromatic heterocycles. The number of rotatable bonds is 6. The highest BCUT2D eigenvalue weighted by Gasteiger charge is 2.32. The maximum Gasteiger partial charge on any atom is 0.352 e. The van der Waals surface area contributed by atoms with Gasteiger partial charge in [0.15, 0.2) is 5.75 Å². The van der Waals surface area contributed by atoms with Gasteiger partial charge in [0.05, 0.1) is 4.90 Å². The molecule has 0 spiro atoms. The van der Waals surface area contributed by atoms with Crippen LogP contribution in [0.15, 0.2) is 53.4 Å². The number of sulfonamides is 1. The summed E-state index contributed by atoms with van der Waals surface area (Å²) in [5.41, 5.74) is 0.755. The number of benzene rings is 2. The second-order valence-corrected chi connectivity index (χ2v) is 9.28. The van der Waals surface area contributed by atoms with Gasteiger partial charge in [0.1, 0.15) is 0 Å². The molecule has 0 saturated carbocycles. The Morgan fingerprint density at radius 2 is 1.90 bits per heavy atom. The highest BCUT2D eigenvalue weighted by molar-refractivity contribution is 7.89. The lowest BCUT2D eigenvalue weighted by atomic mass is 10.1. The maximum absolute atomic E-state index is 12.9. The van der Waals surface area contributed by atoms with Crippen LogP contribution in [0.3, 0.4) is 0 Å². The number of halogens is 1. The first-order valence-corrected chi connectivity index (χ1v) is 11.0. The number of hydrogen-bond donors (Lipinski definition) is 0. The molecule has 0 N–H and O–H groups in total. The molecule has 7 nitrogen and oxygen atoms in total. The van der Waals surface area contributed by atoms with Crippen molar-refractivity contribution < 1.29 is 23.0 Å². The van der Waals surface area contributed by atoms with E-state index in [1.165, 1.54) is 11.2 Å². The zero-order valence-corrected chi connectivity index (χ0v) is 17.8. The van der Waals surface area contributed by atoms with E-state index < -0.39 is 16.0 Å². The van der Waals surface area contributed by atoms with Crippen LogP contribution in [0, 0.1) is 0 Å². The fraction of sp³-hybridized carbons (Fsp3) is 0.350. The van der Waals surface area contributed by atoms with Gasteiger partial charge in [0.2, 0.25) is 10.0 Å². The zero-order chi connectivity index (χ0) is 21.0. The third kappa shape index (κ3) is 5.27. The molecular weight excluding hydrogens is 416 g/mol. The normalized spacial score (nSPS) is 18.4.